The van der Waals surface area contributed by atoms with Crippen molar-refractivity contribution in [1.29, 1.82) is 0 Å². The van der Waals surface area contributed by atoms with Crippen molar-refractivity contribution in [3.05, 3.63) is 58.3 Å². The average molecular weight is 390 g/mol. The van der Waals surface area contributed by atoms with E-state index in [9.17, 15) is 8.42 Å². The standard InChI is InChI=1S/C20H20ClNO3S/c1-12-3-8-19-16(9-12)17-11-18(13(2)10-20(17)25-19)22-26(23,24)15-6-4-14(21)5-7-15/h4-7,10-12,22H,3,8-9H2,1-2H3/t12-/m0/s1. The van der Waals surface area contributed by atoms with Gasteiger partial charge in [0.15, 0.2) is 0 Å². The average Bonchev–Trinajstić information content (AvgIpc) is 2.92. The first-order valence-corrected chi connectivity index (χ1v) is 10.5. The molecule has 0 saturated heterocycles. The minimum atomic E-state index is -3.68. The predicted molar refractivity (Wildman–Crippen MR) is 104 cm³/mol. The lowest BCUT2D eigenvalue weighted by Crippen LogP contribution is -2.13. The van der Waals surface area contributed by atoms with Crippen LogP contribution in [-0.2, 0) is 22.9 Å². The maximum absolute atomic E-state index is 12.7. The zero-order valence-electron chi connectivity index (χ0n) is 14.7. The van der Waals surface area contributed by atoms with Crippen molar-refractivity contribution in [1.82, 2.24) is 0 Å². The molecular weight excluding hydrogens is 370 g/mol. The molecule has 4 rings (SSSR count). The summed E-state index contributed by atoms with van der Waals surface area (Å²) in [5.74, 6) is 1.65. The largest absolute Gasteiger partial charge is 0.461 e. The van der Waals surface area contributed by atoms with E-state index < -0.39 is 10.0 Å². The second-order valence-corrected chi connectivity index (χ2v) is 9.19. The van der Waals surface area contributed by atoms with Crippen LogP contribution in [0.1, 0.15) is 30.2 Å². The number of sulfonamides is 1. The quantitative estimate of drug-likeness (QED) is 0.659. The van der Waals surface area contributed by atoms with Crippen LogP contribution in [-0.4, -0.2) is 8.42 Å². The second kappa shape index (κ2) is 6.32. The minimum absolute atomic E-state index is 0.184. The van der Waals surface area contributed by atoms with Crippen molar-refractivity contribution in [3.63, 3.8) is 0 Å². The molecule has 1 heterocycles. The van der Waals surface area contributed by atoms with Crippen LogP contribution in [0.15, 0.2) is 45.7 Å². The minimum Gasteiger partial charge on any atom is -0.461 e. The number of hydrogen-bond donors (Lipinski definition) is 1. The number of benzene rings is 2. The number of furan rings is 1. The van der Waals surface area contributed by atoms with Crippen LogP contribution in [0.3, 0.4) is 0 Å². The molecule has 3 aromatic rings. The van der Waals surface area contributed by atoms with Crippen LogP contribution < -0.4 is 4.72 Å². The molecule has 0 radical (unpaired) electrons. The number of nitrogens with one attached hydrogen (secondary N) is 1. The van der Waals surface area contributed by atoms with Gasteiger partial charge in [-0.1, -0.05) is 18.5 Å². The van der Waals surface area contributed by atoms with Gasteiger partial charge in [-0.3, -0.25) is 4.72 Å². The van der Waals surface area contributed by atoms with Crippen molar-refractivity contribution >= 4 is 38.3 Å². The number of aryl methyl sites for hydroxylation is 2. The van der Waals surface area contributed by atoms with Crippen LogP contribution in [0.4, 0.5) is 5.69 Å². The molecule has 0 bridgehead atoms. The fourth-order valence-corrected chi connectivity index (χ4v) is 4.78. The molecular formula is C20H20ClNO3S. The van der Waals surface area contributed by atoms with E-state index in [4.69, 9.17) is 16.0 Å². The third kappa shape index (κ3) is 3.10. The Balaban J connectivity index is 1.75. The highest BCUT2D eigenvalue weighted by Gasteiger charge is 2.23. The van der Waals surface area contributed by atoms with Gasteiger partial charge in [-0.05, 0) is 67.6 Å². The number of fused-ring (bicyclic) bond motifs is 3. The maximum Gasteiger partial charge on any atom is 0.261 e. The van der Waals surface area contributed by atoms with E-state index in [-0.39, 0.29) is 4.90 Å². The van der Waals surface area contributed by atoms with E-state index in [0.29, 0.717) is 16.6 Å². The van der Waals surface area contributed by atoms with Gasteiger partial charge < -0.3 is 4.42 Å². The van der Waals surface area contributed by atoms with Crippen LogP contribution in [0.2, 0.25) is 5.02 Å². The van der Waals surface area contributed by atoms with Crippen LogP contribution in [0.25, 0.3) is 11.0 Å². The van der Waals surface area contributed by atoms with Crippen molar-refractivity contribution in [2.24, 2.45) is 5.92 Å². The Morgan fingerprint density at radius 2 is 1.92 bits per heavy atom. The lowest BCUT2D eigenvalue weighted by atomic mass is 9.88. The first kappa shape index (κ1) is 17.4. The van der Waals surface area contributed by atoms with Crippen molar-refractivity contribution < 1.29 is 12.8 Å². The molecule has 26 heavy (non-hydrogen) atoms. The molecule has 0 fully saturated rings. The van der Waals surface area contributed by atoms with Gasteiger partial charge in [0.25, 0.3) is 10.0 Å². The molecule has 1 aliphatic rings. The summed E-state index contributed by atoms with van der Waals surface area (Å²) < 4.78 is 34.1. The number of rotatable bonds is 3. The maximum atomic E-state index is 12.7. The summed E-state index contributed by atoms with van der Waals surface area (Å²) in [5.41, 5.74) is 3.45. The summed E-state index contributed by atoms with van der Waals surface area (Å²) in [4.78, 5) is 0.184. The Bertz CT molecular complexity index is 1080. The smallest absolute Gasteiger partial charge is 0.261 e. The van der Waals surface area contributed by atoms with Gasteiger partial charge in [0.1, 0.15) is 11.3 Å². The molecule has 0 saturated carbocycles. The first-order valence-electron chi connectivity index (χ1n) is 8.67. The molecule has 0 unspecified atom stereocenters. The monoisotopic (exact) mass is 389 g/mol. The molecule has 0 spiro atoms. The number of anilines is 1. The fourth-order valence-electron chi connectivity index (χ4n) is 3.53. The van der Waals surface area contributed by atoms with Gasteiger partial charge in [0, 0.05) is 22.4 Å². The molecule has 4 nitrogen and oxygen atoms in total. The summed E-state index contributed by atoms with van der Waals surface area (Å²) in [6.45, 7) is 4.11. The number of halogens is 1. The summed E-state index contributed by atoms with van der Waals surface area (Å²) in [6.07, 6.45) is 3.03. The molecule has 2 aromatic carbocycles. The van der Waals surface area contributed by atoms with Crippen LogP contribution >= 0.6 is 11.6 Å². The highest BCUT2D eigenvalue weighted by Crippen LogP contribution is 2.37. The Labute approximate surface area is 158 Å². The second-order valence-electron chi connectivity index (χ2n) is 7.07. The van der Waals surface area contributed by atoms with E-state index in [0.717, 1.165) is 41.6 Å². The van der Waals surface area contributed by atoms with Gasteiger partial charge in [0.05, 0.1) is 10.6 Å². The fraction of sp³-hybridized carbons (Fsp3) is 0.300. The summed E-state index contributed by atoms with van der Waals surface area (Å²) in [5, 5.41) is 1.51. The zero-order valence-corrected chi connectivity index (χ0v) is 16.2. The summed E-state index contributed by atoms with van der Waals surface area (Å²) in [7, 11) is -3.68. The van der Waals surface area contributed by atoms with Crippen molar-refractivity contribution in [2.75, 3.05) is 4.72 Å². The molecule has 1 aliphatic carbocycles. The summed E-state index contributed by atoms with van der Waals surface area (Å²) >= 11 is 5.85. The lowest BCUT2D eigenvalue weighted by Gasteiger charge is -2.17. The lowest BCUT2D eigenvalue weighted by molar-refractivity contribution is 0.438. The molecule has 1 aromatic heterocycles. The van der Waals surface area contributed by atoms with E-state index in [1.807, 2.05) is 19.1 Å². The normalized spacial score (nSPS) is 17.3. The molecule has 0 aliphatic heterocycles. The molecule has 0 amide bonds. The highest BCUT2D eigenvalue weighted by atomic mass is 35.5. The Hall–Kier alpha value is -1.98. The van der Waals surface area contributed by atoms with E-state index in [1.165, 1.54) is 17.7 Å². The topological polar surface area (TPSA) is 59.3 Å². The summed E-state index contributed by atoms with van der Waals surface area (Å²) in [6, 6.07) is 9.95. The van der Waals surface area contributed by atoms with E-state index >= 15 is 0 Å². The molecule has 136 valence electrons. The van der Waals surface area contributed by atoms with Gasteiger partial charge in [0.2, 0.25) is 0 Å². The van der Waals surface area contributed by atoms with Gasteiger partial charge in [-0.25, -0.2) is 8.42 Å². The van der Waals surface area contributed by atoms with Crippen molar-refractivity contribution in [2.45, 2.75) is 38.0 Å². The SMILES string of the molecule is Cc1cc2oc3c(c2cc1NS(=O)(=O)c1ccc(Cl)cc1)C[C@@H](C)CC3. The third-order valence-corrected chi connectivity index (χ3v) is 6.64. The van der Waals surface area contributed by atoms with Crippen molar-refractivity contribution in [3.8, 4) is 0 Å². The third-order valence-electron chi connectivity index (χ3n) is 5.01. The van der Waals surface area contributed by atoms with E-state index in [1.54, 1.807) is 12.1 Å². The van der Waals surface area contributed by atoms with Crippen LogP contribution in [0.5, 0.6) is 0 Å². The van der Waals surface area contributed by atoms with E-state index in [2.05, 4.69) is 11.6 Å². The molecule has 1 atom stereocenters. The van der Waals surface area contributed by atoms with Gasteiger partial charge in [-0.2, -0.15) is 0 Å². The van der Waals surface area contributed by atoms with Gasteiger partial charge in [-0.15, -0.1) is 0 Å². The van der Waals surface area contributed by atoms with Gasteiger partial charge >= 0.3 is 0 Å². The highest BCUT2D eigenvalue weighted by molar-refractivity contribution is 7.92. The molecule has 6 heteroatoms. The first-order chi connectivity index (χ1) is 12.3. The Morgan fingerprint density at radius 3 is 2.65 bits per heavy atom. The van der Waals surface area contributed by atoms with Crippen LogP contribution in [0, 0.1) is 12.8 Å². The molecule has 1 N–H and O–H groups in total. The number of hydrogen-bond acceptors (Lipinski definition) is 3. The Morgan fingerprint density at radius 1 is 1.19 bits per heavy atom. The predicted octanol–water partition coefficient (Wildman–Crippen LogP) is 5.32. The Kier molecular flexibility index (Phi) is 4.24. The zero-order chi connectivity index (χ0) is 18.5.